The van der Waals surface area contributed by atoms with Crippen LogP contribution < -0.4 is 0 Å². The summed E-state index contributed by atoms with van der Waals surface area (Å²) in [5, 5.41) is 0.596. The van der Waals surface area contributed by atoms with Crippen LogP contribution in [-0.4, -0.2) is 0 Å². The van der Waals surface area contributed by atoms with E-state index in [0.29, 0.717) is 5.02 Å². The number of thiophene rings is 1. The van der Waals surface area contributed by atoms with Gasteiger partial charge in [-0.15, -0.1) is 22.9 Å². The second-order valence-corrected chi connectivity index (χ2v) is 6.93. The van der Waals surface area contributed by atoms with Gasteiger partial charge in [0.25, 0.3) is 0 Å². The van der Waals surface area contributed by atoms with Gasteiger partial charge in [-0.05, 0) is 59.1 Å². The van der Waals surface area contributed by atoms with E-state index in [-0.39, 0.29) is 5.38 Å². The minimum atomic E-state index is -0.109. The van der Waals surface area contributed by atoms with E-state index in [9.17, 15) is 0 Å². The van der Waals surface area contributed by atoms with Crippen LogP contribution in [0.15, 0.2) is 28.7 Å². The summed E-state index contributed by atoms with van der Waals surface area (Å²) in [4.78, 5) is 2.49. The minimum Gasteiger partial charge on any atom is -0.143 e. The Hall–Kier alpha value is -0.0200. The highest BCUT2D eigenvalue weighted by atomic mass is 79.9. The van der Waals surface area contributed by atoms with Crippen molar-refractivity contribution in [1.82, 2.24) is 0 Å². The molecule has 0 N–H and O–H groups in total. The molecule has 2 aromatic rings. The summed E-state index contributed by atoms with van der Waals surface area (Å²) in [6.07, 6.45) is 0. The predicted octanol–water partition coefficient (Wildman–Crippen LogP) is 6.11. The molecule has 0 radical (unpaired) electrons. The van der Waals surface area contributed by atoms with E-state index in [1.165, 1.54) is 15.3 Å². The van der Waals surface area contributed by atoms with Crippen molar-refractivity contribution in [3.8, 4) is 0 Å². The summed E-state index contributed by atoms with van der Waals surface area (Å²) in [5.41, 5.74) is 2.31. The van der Waals surface area contributed by atoms with Crippen LogP contribution in [0.3, 0.4) is 0 Å². The van der Waals surface area contributed by atoms with E-state index in [4.69, 9.17) is 23.2 Å². The van der Waals surface area contributed by atoms with Gasteiger partial charge in [-0.25, -0.2) is 0 Å². The Kier molecular flexibility index (Phi) is 4.19. The largest absolute Gasteiger partial charge is 0.143 e. The van der Waals surface area contributed by atoms with Gasteiger partial charge in [0.2, 0.25) is 0 Å². The van der Waals surface area contributed by atoms with E-state index in [1.807, 2.05) is 18.2 Å². The summed E-state index contributed by atoms with van der Waals surface area (Å²) < 4.78 is 0.883. The molecule has 90 valence electrons. The van der Waals surface area contributed by atoms with Crippen LogP contribution >= 0.6 is 50.5 Å². The molecule has 4 heteroatoms. The van der Waals surface area contributed by atoms with Crippen molar-refractivity contribution >= 4 is 50.5 Å². The number of aryl methyl sites for hydroxylation is 2. The second kappa shape index (κ2) is 5.31. The van der Waals surface area contributed by atoms with E-state index < -0.39 is 0 Å². The third kappa shape index (κ3) is 2.87. The quantitative estimate of drug-likeness (QED) is 0.574. The lowest BCUT2D eigenvalue weighted by atomic mass is 10.1. The van der Waals surface area contributed by atoms with Crippen molar-refractivity contribution in [3.05, 3.63) is 54.6 Å². The highest BCUT2D eigenvalue weighted by Crippen LogP contribution is 2.38. The van der Waals surface area contributed by atoms with Crippen molar-refractivity contribution in [2.45, 2.75) is 19.2 Å². The Bertz CT molecular complexity index is 548. The molecule has 1 unspecified atom stereocenters. The molecular weight excluding hydrogens is 339 g/mol. The van der Waals surface area contributed by atoms with Gasteiger partial charge in [-0.1, -0.05) is 17.7 Å². The highest BCUT2D eigenvalue weighted by Gasteiger charge is 2.16. The van der Waals surface area contributed by atoms with Crippen LogP contribution in [0.5, 0.6) is 0 Å². The standard InChI is InChI=1S/C13H11BrCl2S/c1-7-5-8(2)17-13(7)12(16)9-3-4-11(15)10(14)6-9/h3-6,12H,1-2H3. The van der Waals surface area contributed by atoms with Gasteiger partial charge >= 0.3 is 0 Å². The van der Waals surface area contributed by atoms with E-state index in [0.717, 1.165) is 10.0 Å². The lowest BCUT2D eigenvalue weighted by Crippen LogP contribution is -1.92. The smallest absolute Gasteiger partial charge is 0.0930 e. The summed E-state index contributed by atoms with van der Waals surface area (Å²) in [7, 11) is 0. The van der Waals surface area contributed by atoms with Crippen molar-refractivity contribution in [2.24, 2.45) is 0 Å². The first-order chi connectivity index (χ1) is 7.99. The van der Waals surface area contributed by atoms with Crippen molar-refractivity contribution in [3.63, 3.8) is 0 Å². The molecule has 0 aliphatic heterocycles. The SMILES string of the molecule is Cc1cc(C)c(C(Cl)c2ccc(Cl)c(Br)c2)s1. The lowest BCUT2D eigenvalue weighted by Gasteiger charge is -2.10. The van der Waals surface area contributed by atoms with Gasteiger partial charge in [0, 0.05) is 14.2 Å². The molecule has 1 atom stereocenters. The van der Waals surface area contributed by atoms with Gasteiger partial charge in [0.15, 0.2) is 0 Å². The summed E-state index contributed by atoms with van der Waals surface area (Å²) in [6, 6.07) is 7.99. The van der Waals surface area contributed by atoms with Crippen LogP contribution in [0.1, 0.15) is 26.3 Å². The zero-order chi connectivity index (χ0) is 12.6. The molecule has 0 saturated carbocycles. The maximum Gasteiger partial charge on any atom is 0.0930 e. The molecule has 0 aliphatic carbocycles. The first-order valence-corrected chi connectivity index (χ1v) is 7.57. The maximum atomic E-state index is 6.52. The van der Waals surface area contributed by atoms with Crippen LogP contribution in [0.4, 0.5) is 0 Å². The molecule has 0 fully saturated rings. The molecule has 0 nitrogen and oxygen atoms in total. The van der Waals surface area contributed by atoms with Gasteiger partial charge in [0.1, 0.15) is 0 Å². The Labute approximate surface area is 124 Å². The van der Waals surface area contributed by atoms with Crippen molar-refractivity contribution in [2.75, 3.05) is 0 Å². The lowest BCUT2D eigenvalue weighted by molar-refractivity contribution is 1.15. The van der Waals surface area contributed by atoms with Crippen LogP contribution in [-0.2, 0) is 0 Å². The maximum absolute atomic E-state index is 6.52. The van der Waals surface area contributed by atoms with Crippen LogP contribution in [0.2, 0.25) is 5.02 Å². The third-order valence-electron chi connectivity index (χ3n) is 2.55. The predicted molar refractivity (Wildman–Crippen MR) is 80.6 cm³/mol. The molecule has 0 spiro atoms. The fourth-order valence-electron chi connectivity index (χ4n) is 1.73. The third-order valence-corrected chi connectivity index (χ3v) is 5.58. The molecule has 0 amide bonds. The van der Waals surface area contributed by atoms with Gasteiger partial charge in [-0.3, -0.25) is 0 Å². The normalized spacial score (nSPS) is 12.8. The first-order valence-electron chi connectivity index (χ1n) is 5.15. The molecule has 0 aliphatic rings. The molecular formula is C13H11BrCl2S. The Morgan fingerprint density at radius 2 is 1.94 bits per heavy atom. The van der Waals surface area contributed by atoms with Gasteiger partial charge in [-0.2, -0.15) is 0 Å². The Morgan fingerprint density at radius 1 is 1.24 bits per heavy atom. The summed E-state index contributed by atoms with van der Waals surface area (Å²) >= 11 is 17.7. The number of alkyl halides is 1. The van der Waals surface area contributed by atoms with E-state index in [1.54, 1.807) is 11.3 Å². The zero-order valence-electron chi connectivity index (χ0n) is 9.43. The Morgan fingerprint density at radius 3 is 2.47 bits per heavy atom. The number of hydrogen-bond donors (Lipinski definition) is 0. The molecule has 0 saturated heterocycles. The summed E-state index contributed by atoms with van der Waals surface area (Å²) in [6.45, 7) is 4.20. The fraction of sp³-hybridized carbons (Fsp3) is 0.231. The average Bonchev–Trinajstić information content (AvgIpc) is 2.61. The van der Waals surface area contributed by atoms with E-state index in [2.05, 4.69) is 35.8 Å². The first kappa shape index (κ1) is 13.4. The molecule has 1 heterocycles. The van der Waals surface area contributed by atoms with Crippen LogP contribution in [0, 0.1) is 13.8 Å². The second-order valence-electron chi connectivity index (χ2n) is 3.94. The Balaban J connectivity index is 2.40. The minimum absolute atomic E-state index is 0.109. The fourth-order valence-corrected chi connectivity index (χ4v) is 3.73. The summed E-state index contributed by atoms with van der Waals surface area (Å²) in [5.74, 6) is 0. The monoisotopic (exact) mass is 348 g/mol. The van der Waals surface area contributed by atoms with Crippen molar-refractivity contribution in [1.29, 1.82) is 0 Å². The molecule has 2 rings (SSSR count). The van der Waals surface area contributed by atoms with Crippen LogP contribution in [0.25, 0.3) is 0 Å². The topological polar surface area (TPSA) is 0 Å². The number of benzene rings is 1. The van der Waals surface area contributed by atoms with E-state index >= 15 is 0 Å². The molecule has 0 bridgehead atoms. The molecule has 17 heavy (non-hydrogen) atoms. The van der Waals surface area contributed by atoms with Crippen molar-refractivity contribution < 1.29 is 0 Å². The highest BCUT2D eigenvalue weighted by molar-refractivity contribution is 9.10. The zero-order valence-corrected chi connectivity index (χ0v) is 13.3. The molecule has 1 aromatic carbocycles. The number of halogens is 3. The average molecular weight is 350 g/mol. The number of rotatable bonds is 2. The molecule has 1 aromatic heterocycles. The van der Waals surface area contributed by atoms with Gasteiger partial charge < -0.3 is 0 Å². The number of hydrogen-bond acceptors (Lipinski definition) is 1. The van der Waals surface area contributed by atoms with Gasteiger partial charge in [0.05, 0.1) is 10.4 Å².